The molecule has 0 spiro atoms. The molecule has 1 aliphatic heterocycles. The van der Waals surface area contributed by atoms with E-state index in [-0.39, 0.29) is 17.7 Å². The molecular weight excluding hydrogens is 397 g/mol. The van der Waals surface area contributed by atoms with E-state index < -0.39 is 23.6 Å². The Morgan fingerprint density at radius 1 is 1.03 bits per heavy atom. The average molecular weight is 420 g/mol. The molecule has 9 heteroatoms. The van der Waals surface area contributed by atoms with E-state index in [9.17, 15) is 22.8 Å². The molecule has 0 aromatic heterocycles. The lowest BCUT2D eigenvalue weighted by atomic mass is 10.1. The van der Waals surface area contributed by atoms with Gasteiger partial charge in [0.1, 0.15) is 0 Å². The molecule has 1 heterocycles. The Morgan fingerprint density at radius 2 is 1.67 bits per heavy atom. The standard InChI is InChI=1S/C21H23F3N4O2/c22-21(23,24)16-7-5-15(6-8-16)20(30)28(14-13-27-11-9-26-10-12-27)18-4-2-1-3-17(18)19(25)29/h1-8,26H,9-14H2,(H2,25,29). The van der Waals surface area contributed by atoms with Crippen LogP contribution in [0.1, 0.15) is 26.3 Å². The molecule has 1 aliphatic rings. The van der Waals surface area contributed by atoms with E-state index in [2.05, 4.69) is 10.2 Å². The smallest absolute Gasteiger partial charge is 0.366 e. The lowest BCUT2D eigenvalue weighted by molar-refractivity contribution is -0.137. The van der Waals surface area contributed by atoms with Gasteiger partial charge in [0, 0.05) is 44.8 Å². The van der Waals surface area contributed by atoms with Gasteiger partial charge in [0.25, 0.3) is 11.8 Å². The van der Waals surface area contributed by atoms with Gasteiger partial charge in [-0.05, 0) is 36.4 Å². The zero-order valence-corrected chi connectivity index (χ0v) is 16.3. The Morgan fingerprint density at radius 3 is 2.27 bits per heavy atom. The van der Waals surface area contributed by atoms with Gasteiger partial charge < -0.3 is 16.0 Å². The first kappa shape index (κ1) is 21.8. The molecule has 1 fully saturated rings. The largest absolute Gasteiger partial charge is 0.416 e. The van der Waals surface area contributed by atoms with Gasteiger partial charge in [-0.25, -0.2) is 0 Å². The van der Waals surface area contributed by atoms with Gasteiger partial charge in [0.05, 0.1) is 16.8 Å². The Bertz CT molecular complexity index is 894. The summed E-state index contributed by atoms with van der Waals surface area (Å²) < 4.78 is 38.6. The molecule has 0 bridgehead atoms. The van der Waals surface area contributed by atoms with E-state index in [0.29, 0.717) is 12.2 Å². The minimum atomic E-state index is -4.48. The summed E-state index contributed by atoms with van der Waals surface area (Å²) in [5, 5.41) is 3.25. The van der Waals surface area contributed by atoms with E-state index in [1.54, 1.807) is 18.2 Å². The monoisotopic (exact) mass is 420 g/mol. The van der Waals surface area contributed by atoms with Crippen molar-refractivity contribution in [2.24, 2.45) is 5.73 Å². The minimum absolute atomic E-state index is 0.0996. The molecule has 0 atom stereocenters. The molecule has 160 valence electrons. The van der Waals surface area contributed by atoms with Gasteiger partial charge in [-0.3, -0.25) is 14.5 Å². The van der Waals surface area contributed by atoms with Gasteiger partial charge in [0.15, 0.2) is 0 Å². The third-order valence-corrected chi connectivity index (χ3v) is 5.01. The number of hydrogen-bond acceptors (Lipinski definition) is 4. The van der Waals surface area contributed by atoms with Crippen molar-refractivity contribution in [3.63, 3.8) is 0 Å². The first-order valence-electron chi connectivity index (χ1n) is 9.58. The number of hydrogen-bond donors (Lipinski definition) is 2. The van der Waals surface area contributed by atoms with Crippen molar-refractivity contribution in [3.8, 4) is 0 Å². The molecular formula is C21H23F3N4O2. The maximum Gasteiger partial charge on any atom is 0.416 e. The zero-order valence-electron chi connectivity index (χ0n) is 16.3. The highest BCUT2D eigenvalue weighted by molar-refractivity contribution is 6.10. The van der Waals surface area contributed by atoms with Crippen LogP contribution in [-0.2, 0) is 6.18 Å². The number of carbonyl (C=O) groups is 2. The van der Waals surface area contributed by atoms with E-state index >= 15 is 0 Å². The fourth-order valence-electron chi connectivity index (χ4n) is 3.38. The SMILES string of the molecule is NC(=O)c1ccccc1N(CCN1CCNCC1)C(=O)c1ccc(C(F)(F)F)cc1. The fourth-order valence-corrected chi connectivity index (χ4v) is 3.38. The molecule has 2 aromatic carbocycles. The van der Waals surface area contributed by atoms with Crippen molar-refractivity contribution in [3.05, 3.63) is 65.2 Å². The molecule has 2 aromatic rings. The van der Waals surface area contributed by atoms with Crippen LogP contribution in [0.2, 0.25) is 0 Å². The summed E-state index contributed by atoms with van der Waals surface area (Å²) in [4.78, 5) is 28.7. The van der Waals surface area contributed by atoms with Crippen molar-refractivity contribution in [2.45, 2.75) is 6.18 Å². The number of nitrogens with one attached hydrogen (secondary N) is 1. The van der Waals surface area contributed by atoms with Gasteiger partial charge in [0.2, 0.25) is 0 Å². The first-order chi connectivity index (χ1) is 14.3. The topological polar surface area (TPSA) is 78.7 Å². The minimum Gasteiger partial charge on any atom is -0.366 e. The quantitative estimate of drug-likeness (QED) is 0.752. The number of amides is 2. The van der Waals surface area contributed by atoms with Crippen molar-refractivity contribution >= 4 is 17.5 Å². The summed E-state index contributed by atoms with van der Waals surface area (Å²) in [6, 6.07) is 10.5. The van der Waals surface area contributed by atoms with E-state index in [0.717, 1.165) is 50.4 Å². The van der Waals surface area contributed by atoms with Gasteiger partial charge in [-0.2, -0.15) is 13.2 Å². The Balaban J connectivity index is 1.90. The predicted octanol–water partition coefficient (Wildman–Crippen LogP) is 2.36. The van der Waals surface area contributed by atoms with Gasteiger partial charge in [-0.15, -0.1) is 0 Å². The Hall–Kier alpha value is -2.91. The fraction of sp³-hybridized carbons (Fsp3) is 0.333. The molecule has 3 N–H and O–H groups in total. The number of benzene rings is 2. The maximum absolute atomic E-state index is 13.2. The third-order valence-electron chi connectivity index (χ3n) is 5.01. The number of anilines is 1. The lowest BCUT2D eigenvalue weighted by Crippen LogP contribution is -2.47. The number of halogens is 3. The van der Waals surface area contributed by atoms with Crippen molar-refractivity contribution in [1.82, 2.24) is 10.2 Å². The van der Waals surface area contributed by atoms with Gasteiger partial charge in [-0.1, -0.05) is 12.1 Å². The van der Waals surface area contributed by atoms with E-state index in [1.165, 1.54) is 11.0 Å². The van der Waals surface area contributed by atoms with Crippen LogP contribution in [0.3, 0.4) is 0 Å². The summed E-state index contributed by atoms with van der Waals surface area (Å²) in [5.74, 6) is -1.18. The summed E-state index contributed by atoms with van der Waals surface area (Å²) in [5.41, 5.74) is 5.26. The van der Waals surface area contributed by atoms with Crippen molar-refractivity contribution in [2.75, 3.05) is 44.2 Å². The second-order valence-electron chi connectivity index (χ2n) is 7.00. The number of carbonyl (C=O) groups excluding carboxylic acids is 2. The van der Waals surface area contributed by atoms with Crippen LogP contribution in [0.25, 0.3) is 0 Å². The average Bonchev–Trinajstić information content (AvgIpc) is 2.74. The second kappa shape index (κ2) is 9.27. The maximum atomic E-state index is 13.2. The number of piperazine rings is 1. The number of alkyl halides is 3. The number of rotatable bonds is 6. The third kappa shape index (κ3) is 5.17. The summed E-state index contributed by atoms with van der Waals surface area (Å²) in [6.07, 6.45) is -4.48. The molecule has 2 amide bonds. The van der Waals surface area contributed by atoms with Gasteiger partial charge >= 0.3 is 6.18 Å². The number of nitrogens with zero attached hydrogens (tertiary/aromatic N) is 2. The van der Waals surface area contributed by atoms with Crippen LogP contribution in [0.15, 0.2) is 48.5 Å². The lowest BCUT2D eigenvalue weighted by Gasteiger charge is -2.31. The number of primary amides is 1. The number of nitrogens with two attached hydrogens (primary N) is 1. The first-order valence-corrected chi connectivity index (χ1v) is 9.58. The summed E-state index contributed by atoms with van der Waals surface area (Å²) in [7, 11) is 0. The highest BCUT2D eigenvalue weighted by atomic mass is 19.4. The molecule has 0 radical (unpaired) electrons. The summed E-state index contributed by atoms with van der Waals surface area (Å²) >= 11 is 0. The van der Waals surface area contributed by atoms with Crippen LogP contribution in [0.4, 0.5) is 18.9 Å². The number of para-hydroxylation sites is 1. The normalized spacial score (nSPS) is 15.0. The van der Waals surface area contributed by atoms with Crippen LogP contribution in [0.5, 0.6) is 0 Å². The van der Waals surface area contributed by atoms with Crippen molar-refractivity contribution in [1.29, 1.82) is 0 Å². The highest BCUT2D eigenvalue weighted by Crippen LogP contribution is 2.30. The summed E-state index contributed by atoms with van der Waals surface area (Å²) in [6.45, 7) is 4.14. The van der Waals surface area contributed by atoms with Crippen LogP contribution >= 0.6 is 0 Å². The molecule has 0 saturated carbocycles. The Kier molecular flexibility index (Phi) is 6.73. The predicted molar refractivity (Wildman–Crippen MR) is 107 cm³/mol. The molecule has 3 rings (SSSR count). The van der Waals surface area contributed by atoms with Crippen LogP contribution in [0, 0.1) is 0 Å². The Labute approximate surface area is 172 Å². The second-order valence-corrected chi connectivity index (χ2v) is 7.00. The van der Waals surface area contributed by atoms with Crippen molar-refractivity contribution < 1.29 is 22.8 Å². The molecule has 6 nitrogen and oxygen atoms in total. The molecule has 30 heavy (non-hydrogen) atoms. The molecule has 1 saturated heterocycles. The molecule has 0 unspecified atom stereocenters. The van der Waals surface area contributed by atoms with E-state index in [1.807, 2.05) is 0 Å². The zero-order chi connectivity index (χ0) is 21.7. The van der Waals surface area contributed by atoms with Crippen LogP contribution in [-0.4, -0.2) is 56.0 Å². The highest BCUT2D eigenvalue weighted by Gasteiger charge is 2.31. The van der Waals surface area contributed by atoms with E-state index in [4.69, 9.17) is 5.73 Å². The van der Waals surface area contributed by atoms with Crippen LogP contribution < -0.4 is 16.0 Å². The molecule has 0 aliphatic carbocycles.